The van der Waals surface area contributed by atoms with E-state index < -0.39 is 5.60 Å². The molecule has 28 heavy (non-hydrogen) atoms. The number of aromatic amines is 1. The highest BCUT2D eigenvalue weighted by Crippen LogP contribution is 2.34. The second kappa shape index (κ2) is 6.08. The Kier molecular flexibility index (Phi) is 3.65. The smallest absolute Gasteiger partial charge is 0.269 e. The molecule has 4 N–H and O–H groups in total. The Morgan fingerprint density at radius 1 is 1.18 bits per heavy atom. The highest BCUT2D eigenvalue weighted by atomic mass is 16.5. The van der Waals surface area contributed by atoms with Gasteiger partial charge in [0.15, 0.2) is 17.2 Å². The summed E-state index contributed by atoms with van der Waals surface area (Å²) < 4.78 is 5.72. The van der Waals surface area contributed by atoms with Crippen molar-refractivity contribution >= 4 is 40.3 Å². The lowest BCUT2D eigenvalue weighted by Crippen LogP contribution is -2.46. The molecule has 9 heteroatoms. The summed E-state index contributed by atoms with van der Waals surface area (Å²) in [4.78, 5) is 28.8. The lowest BCUT2D eigenvalue weighted by Gasteiger charge is -2.30. The first-order chi connectivity index (χ1) is 13.5. The molecule has 144 valence electrons. The van der Waals surface area contributed by atoms with E-state index in [4.69, 9.17) is 4.74 Å². The van der Waals surface area contributed by atoms with Gasteiger partial charge in [0.1, 0.15) is 17.3 Å². The molecule has 0 saturated heterocycles. The van der Waals surface area contributed by atoms with Gasteiger partial charge in [0.25, 0.3) is 5.91 Å². The van der Waals surface area contributed by atoms with Crippen LogP contribution in [0.25, 0.3) is 11.0 Å². The summed E-state index contributed by atoms with van der Waals surface area (Å²) in [7, 11) is 0. The molecule has 1 fully saturated rings. The zero-order valence-electron chi connectivity index (χ0n) is 15.7. The van der Waals surface area contributed by atoms with Crippen LogP contribution in [-0.4, -0.2) is 37.5 Å². The maximum atomic E-state index is 12.1. The van der Waals surface area contributed by atoms with Crippen molar-refractivity contribution in [3.8, 4) is 5.75 Å². The summed E-state index contributed by atoms with van der Waals surface area (Å²) in [5.41, 5.74) is -0.177. The second-order valence-corrected chi connectivity index (χ2v) is 7.64. The van der Waals surface area contributed by atoms with Crippen molar-refractivity contribution in [1.82, 2.24) is 19.9 Å². The molecule has 3 aromatic heterocycles. The number of carbonyl (C=O) groups is 1. The Morgan fingerprint density at radius 2 is 2.04 bits per heavy atom. The third-order valence-electron chi connectivity index (χ3n) is 5.10. The first-order valence-corrected chi connectivity index (χ1v) is 9.38. The molecule has 2 aliphatic rings. The minimum atomic E-state index is -0.923. The number of ether oxygens (including phenoxy) is 1. The quantitative estimate of drug-likeness (QED) is 0.550. The van der Waals surface area contributed by atoms with E-state index in [-0.39, 0.29) is 5.91 Å². The molecule has 1 saturated carbocycles. The molecular formula is C19H21N7O2. The number of carbonyl (C=O) groups excluding carboxylic acids is 1. The van der Waals surface area contributed by atoms with E-state index in [2.05, 4.69) is 35.9 Å². The molecule has 5 rings (SSSR count). The standard InChI is InChI=1S/C19H21N7O2/c1-19(2)17(27)24-16-12(28-19)6-7-13(22-16)23-18-25-14-11(8-9-20-14)15(26-18)21-10-4-3-5-10/h6-10H,3-5H2,1-2H3,(H4,20,21,22,23,24,25,26,27). The lowest BCUT2D eigenvalue weighted by atomic mass is 9.93. The fourth-order valence-corrected chi connectivity index (χ4v) is 3.23. The number of amides is 1. The van der Waals surface area contributed by atoms with Crippen molar-refractivity contribution in [2.45, 2.75) is 44.8 Å². The number of hydrogen-bond acceptors (Lipinski definition) is 7. The number of anilines is 4. The van der Waals surface area contributed by atoms with E-state index in [0.717, 1.165) is 29.7 Å². The van der Waals surface area contributed by atoms with Gasteiger partial charge in [-0.2, -0.15) is 9.97 Å². The van der Waals surface area contributed by atoms with Crippen molar-refractivity contribution in [2.75, 3.05) is 16.0 Å². The van der Waals surface area contributed by atoms with E-state index in [9.17, 15) is 4.79 Å². The van der Waals surface area contributed by atoms with Gasteiger partial charge in [-0.05, 0) is 51.3 Å². The van der Waals surface area contributed by atoms with Gasteiger partial charge < -0.3 is 25.7 Å². The molecule has 1 amide bonds. The first kappa shape index (κ1) is 16.8. The number of aromatic nitrogens is 4. The highest BCUT2D eigenvalue weighted by molar-refractivity contribution is 5.99. The van der Waals surface area contributed by atoms with Gasteiger partial charge in [-0.25, -0.2) is 4.98 Å². The van der Waals surface area contributed by atoms with Crippen LogP contribution in [0.3, 0.4) is 0 Å². The van der Waals surface area contributed by atoms with E-state index >= 15 is 0 Å². The van der Waals surface area contributed by atoms with Crippen LogP contribution in [0.5, 0.6) is 5.75 Å². The number of rotatable bonds is 4. The van der Waals surface area contributed by atoms with E-state index in [0.29, 0.717) is 29.4 Å². The Hall–Kier alpha value is -3.36. The SMILES string of the molecule is CC1(C)Oc2ccc(Nc3nc(NC4CCC4)c4cc[nH]c4n3)nc2NC1=O. The topological polar surface area (TPSA) is 117 Å². The molecular weight excluding hydrogens is 358 g/mol. The van der Waals surface area contributed by atoms with Crippen molar-refractivity contribution in [3.05, 3.63) is 24.4 Å². The van der Waals surface area contributed by atoms with Crippen LogP contribution >= 0.6 is 0 Å². The van der Waals surface area contributed by atoms with Crippen molar-refractivity contribution in [1.29, 1.82) is 0 Å². The van der Waals surface area contributed by atoms with Gasteiger partial charge in [-0.15, -0.1) is 0 Å². The summed E-state index contributed by atoms with van der Waals surface area (Å²) in [5.74, 6) is 2.41. The van der Waals surface area contributed by atoms with Crippen LogP contribution < -0.4 is 20.7 Å². The zero-order chi connectivity index (χ0) is 19.3. The fourth-order valence-electron chi connectivity index (χ4n) is 3.23. The molecule has 0 bridgehead atoms. The molecule has 1 aliphatic carbocycles. The maximum absolute atomic E-state index is 12.1. The Bertz CT molecular complexity index is 1070. The van der Waals surface area contributed by atoms with Crippen molar-refractivity contribution in [2.24, 2.45) is 0 Å². The Labute approximate surface area is 161 Å². The third kappa shape index (κ3) is 2.88. The number of nitrogens with zero attached hydrogens (tertiary/aromatic N) is 3. The summed E-state index contributed by atoms with van der Waals surface area (Å²) in [6.45, 7) is 3.43. The average molecular weight is 379 g/mol. The zero-order valence-corrected chi connectivity index (χ0v) is 15.7. The molecule has 9 nitrogen and oxygen atoms in total. The molecule has 4 heterocycles. The van der Waals surface area contributed by atoms with Crippen molar-refractivity contribution < 1.29 is 9.53 Å². The Balaban J connectivity index is 1.44. The monoisotopic (exact) mass is 379 g/mol. The summed E-state index contributed by atoms with van der Waals surface area (Å²) in [6.07, 6.45) is 5.40. The predicted octanol–water partition coefficient (Wildman–Crippen LogP) is 3.17. The average Bonchev–Trinajstić information content (AvgIpc) is 3.08. The van der Waals surface area contributed by atoms with Gasteiger partial charge in [0.05, 0.1) is 5.39 Å². The minimum Gasteiger partial charge on any atom is -0.474 e. The third-order valence-corrected chi connectivity index (χ3v) is 5.10. The first-order valence-electron chi connectivity index (χ1n) is 9.38. The van der Waals surface area contributed by atoms with Gasteiger partial charge in [0.2, 0.25) is 5.95 Å². The van der Waals surface area contributed by atoms with Crippen LogP contribution in [0.15, 0.2) is 24.4 Å². The van der Waals surface area contributed by atoms with Crippen LogP contribution in [-0.2, 0) is 4.79 Å². The molecule has 0 unspecified atom stereocenters. The number of H-pyrrole nitrogens is 1. The highest BCUT2D eigenvalue weighted by Gasteiger charge is 2.36. The molecule has 3 aromatic rings. The number of fused-ring (bicyclic) bond motifs is 2. The normalized spacial score (nSPS) is 18.0. The van der Waals surface area contributed by atoms with Gasteiger partial charge in [-0.3, -0.25) is 4.79 Å². The van der Waals surface area contributed by atoms with Gasteiger partial charge in [0, 0.05) is 12.2 Å². The van der Waals surface area contributed by atoms with Gasteiger partial charge in [-0.1, -0.05) is 0 Å². The maximum Gasteiger partial charge on any atom is 0.269 e. The van der Waals surface area contributed by atoms with Crippen LogP contribution in [0.2, 0.25) is 0 Å². The molecule has 0 atom stereocenters. The van der Waals surface area contributed by atoms with Crippen molar-refractivity contribution in [3.63, 3.8) is 0 Å². The van der Waals surface area contributed by atoms with Crippen LogP contribution in [0, 0.1) is 0 Å². The van der Waals surface area contributed by atoms with Gasteiger partial charge >= 0.3 is 0 Å². The summed E-state index contributed by atoms with van der Waals surface area (Å²) >= 11 is 0. The number of nitrogens with one attached hydrogen (secondary N) is 4. The number of hydrogen-bond donors (Lipinski definition) is 4. The van der Waals surface area contributed by atoms with Crippen LogP contribution in [0.1, 0.15) is 33.1 Å². The van der Waals surface area contributed by atoms with E-state index in [1.807, 2.05) is 12.3 Å². The largest absolute Gasteiger partial charge is 0.474 e. The number of pyridine rings is 1. The van der Waals surface area contributed by atoms with E-state index in [1.54, 1.807) is 26.0 Å². The summed E-state index contributed by atoms with van der Waals surface area (Å²) in [5, 5.41) is 10.3. The molecule has 0 radical (unpaired) electrons. The van der Waals surface area contributed by atoms with E-state index in [1.165, 1.54) is 6.42 Å². The summed E-state index contributed by atoms with van der Waals surface area (Å²) in [6, 6.07) is 5.96. The minimum absolute atomic E-state index is 0.235. The predicted molar refractivity (Wildman–Crippen MR) is 106 cm³/mol. The second-order valence-electron chi connectivity index (χ2n) is 7.64. The molecule has 0 aromatic carbocycles. The Morgan fingerprint density at radius 3 is 2.82 bits per heavy atom. The lowest BCUT2D eigenvalue weighted by molar-refractivity contribution is -0.129. The van der Waals surface area contributed by atoms with Crippen LogP contribution in [0.4, 0.5) is 23.4 Å². The molecule has 1 aliphatic heterocycles. The fraction of sp³-hybridized carbons (Fsp3) is 0.368. The molecule has 0 spiro atoms.